The fraction of sp³-hybridized carbons (Fsp3) is 1.00. The molecule has 0 saturated heterocycles. The van der Waals surface area contributed by atoms with Gasteiger partial charge in [0.1, 0.15) is 0 Å². The first-order valence-electron chi connectivity index (χ1n) is 6.28. The number of nitrogens with zero attached hydrogens (tertiary/aromatic N) is 1. The van der Waals surface area contributed by atoms with E-state index in [0.717, 1.165) is 39.4 Å². The highest BCUT2D eigenvalue weighted by atomic mass is 16.5. The quantitative estimate of drug-likeness (QED) is 0.563. The summed E-state index contributed by atoms with van der Waals surface area (Å²) in [6.07, 6.45) is 1.22. The van der Waals surface area contributed by atoms with Crippen molar-refractivity contribution in [1.29, 1.82) is 0 Å². The summed E-state index contributed by atoms with van der Waals surface area (Å²) in [5.74, 6) is 0. The molecule has 0 aromatic rings. The standard InChI is InChI=1S/C12H28N2O/c1-5-13-12(4)8-9-14(6-2)10-11-15-7-3/h12-13H,5-11H2,1-4H3. The predicted molar refractivity (Wildman–Crippen MR) is 66.4 cm³/mol. The molecule has 0 heterocycles. The van der Waals surface area contributed by atoms with Gasteiger partial charge in [-0.15, -0.1) is 0 Å². The van der Waals surface area contributed by atoms with Crippen LogP contribution in [0.1, 0.15) is 34.1 Å². The van der Waals surface area contributed by atoms with Crippen LogP contribution < -0.4 is 5.32 Å². The minimum absolute atomic E-state index is 0.621. The molecule has 0 aromatic carbocycles. The molecule has 0 aromatic heterocycles. The lowest BCUT2D eigenvalue weighted by Gasteiger charge is -2.22. The topological polar surface area (TPSA) is 24.5 Å². The molecule has 0 rings (SSSR count). The molecule has 1 unspecified atom stereocenters. The van der Waals surface area contributed by atoms with Crippen molar-refractivity contribution in [2.75, 3.05) is 39.4 Å². The summed E-state index contributed by atoms with van der Waals surface area (Å²) in [6.45, 7) is 14.8. The minimum atomic E-state index is 0.621. The maximum Gasteiger partial charge on any atom is 0.0593 e. The van der Waals surface area contributed by atoms with Gasteiger partial charge >= 0.3 is 0 Å². The zero-order valence-corrected chi connectivity index (χ0v) is 10.9. The molecule has 1 N–H and O–H groups in total. The molecule has 0 radical (unpaired) electrons. The summed E-state index contributed by atoms with van der Waals surface area (Å²) in [7, 11) is 0. The van der Waals surface area contributed by atoms with Crippen LogP contribution >= 0.6 is 0 Å². The second-order valence-corrected chi connectivity index (χ2v) is 3.88. The normalized spacial score (nSPS) is 13.4. The van der Waals surface area contributed by atoms with Gasteiger partial charge in [0.25, 0.3) is 0 Å². The van der Waals surface area contributed by atoms with E-state index >= 15 is 0 Å². The van der Waals surface area contributed by atoms with Crippen molar-refractivity contribution in [2.45, 2.75) is 40.2 Å². The smallest absolute Gasteiger partial charge is 0.0593 e. The van der Waals surface area contributed by atoms with Crippen LogP contribution in [-0.4, -0.2) is 50.3 Å². The number of likely N-dealkylation sites (N-methyl/N-ethyl adjacent to an activating group) is 1. The van der Waals surface area contributed by atoms with Gasteiger partial charge in [-0.1, -0.05) is 13.8 Å². The molecule has 0 aliphatic carbocycles. The molecule has 3 heteroatoms. The summed E-state index contributed by atoms with van der Waals surface area (Å²) in [5.41, 5.74) is 0. The Morgan fingerprint density at radius 1 is 1.20 bits per heavy atom. The van der Waals surface area contributed by atoms with E-state index in [1.165, 1.54) is 6.42 Å². The van der Waals surface area contributed by atoms with Crippen LogP contribution in [0.4, 0.5) is 0 Å². The summed E-state index contributed by atoms with van der Waals surface area (Å²) < 4.78 is 5.36. The highest BCUT2D eigenvalue weighted by Gasteiger charge is 2.05. The Kier molecular flexibility index (Phi) is 10.3. The lowest BCUT2D eigenvalue weighted by Crippen LogP contribution is -2.34. The zero-order chi connectivity index (χ0) is 11.5. The molecular formula is C12H28N2O. The average molecular weight is 216 g/mol. The largest absolute Gasteiger partial charge is 0.380 e. The van der Waals surface area contributed by atoms with E-state index in [2.05, 4.69) is 31.0 Å². The molecule has 3 nitrogen and oxygen atoms in total. The third-order valence-electron chi connectivity index (χ3n) is 2.63. The average Bonchev–Trinajstić information content (AvgIpc) is 2.23. The Balaban J connectivity index is 3.51. The van der Waals surface area contributed by atoms with Crippen molar-refractivity contribution >= 4 is 0 Å². The minimum Gasteiger partial charge on any atom is -0.380 e. The van der Waals surface area contributed by atoms with Gasteiger partial charge in [0.2, 0.25) is 0 Å². The summed E-state index contributed by atoms with van der Waals surface area (Å²) >= 11 is 0. The molecule has 92 valence electrons. The lowest BCUT2D eigenvalue weighted by atomic mass is 10.2. The number of hydrogen-bond acceptors (Lipinski definition) is 3. The first-order valence-corrected chi connectivity index (χ1v) is 6.28. The molecule has 0 aliphatic heterocycles. The molecule has 0 aliphatic rings. The molecule has 1 atom stereocenters. The fourth-order valence-corrected chi connectivity index (χ4v) is 1.59. The highest BCUT2D eigenvalue weighted by molar-refractivity contribution is 4.63. The Bertz CT molecular complexity index is 131. The molecule has 0 amide bonds. The van der Waals surface area contributed by atoms with Gasteiger partial charge in [0.15, 0.2) is 0 Å². The Labute approximate surface area is 95.2 Å². The third kappa shape index (κ3) is 8.85. The number of rotatable bonds is 10. The second-order valence-electron chi connectivity index (χ2n) is 3.88. The van der Waals surface area contributed by atoms with Gasteiger partial charge in [-0.25, -0.2) is 0 Å². The van der Waals surface area contributed by atoms with Gasteiger partial charge in [-0.2, -0.15) is 0 Å². The van der Waals surface area contributed by atoms with Crippen LogP contribution in [0.5, 0.6) is 0 Å². The fourth-order valence-electron chi connectivity index (χ4n) is 1.59. The highest BCUT2D eigenvalue weighted by Crippen LogP contribution is 1.96. The van der Waals surface area contributed by atoms with Crippen molar-refractivity contribution in [1.82, 2.24) is 10.2 Å². The molecule has 0 fully saturated rings. The lowest BCUT2D eigenvalue weighted by molar-refractivity contribution is 0.114. The summed E-state index contributed by atoms with van der Waals surface area (Å²) in [6, 6.07) is 0.621. The van der Waals surface area contributed by atoms with E-state index in [1.54, 1.807) is 0 Å². The van der Waals surface area contributed by atoms with Crippen molar-refractivity contribution < 1.29 is 4.74 Å². The number of nitrogens with one attached hydrogen (secondary N) is 1. The molecule has 0 spiro atoms. The van der Waals surface area contributed by atoms with Crippen molar-refractivity contribution in [3.8, 4) is 0 Å². The predicted octanol–water partition coefficient (Wildman–Crippen LogP) is 1.73. The summed E-state index contributed by atoms with van der Waals surface area (Å²) in [4.78, 5) is 2.45. The van der Waals surface area contributed by atoms with Crippen molar-refractivity contribution in [3.05, 3.63) is 0 Å². The third-order valence-corrected chi connectivity index (χ3v) is 2.63. The zero-order valence-electron chi connectivity index (χ0n) is 10.9. The molecule has 0 saturated carbocycles. The summed E-state index contributed by atoms with van der Waals surface area (Å²) in [5, 5.41) is 3.43. The number of ether oxygens (including phenoxy) is 1. The van der Waals surface area contributed by atoms with Crippen molar-refractivity contribution in [3.63, 3.8) is 0 Å². The Hall–Kier alpha value is -0.120. The van der Waals surface area contributed by atoms with Crippen LogP contribution in [0, 0.1) is 0 Å². The molecular weight excluding hydrogens is 188 g/mol. The number of hydrogen-bond donors (Lipinski definition) is 1. The SMILES string of the molecule is CCNC(C)CCN(CC)CCOCC. The first-order chi connectivity index (χ1) is 7.24. The van der Waals surface area contributed by atoms with Crippen molar-refractivity contribution in [2.24, 2.45) is 0 Å². The van der Waals surface area contributed by atoms with Crippen LogP contribution in [0.25, 0.3) is 0 Å². The van der Waals surface area contributed by atoms with E-state index in [-0.39, 0.29) is 0 Å². The monoisotopic (exact) mass is 216 g/mol. The van der Waals surface area contributed by atoms with E-state index in [4.69, 9.17) is 4.74 Å². The van der Waals surface area contributed by atoms with Gasteiger partial charge in [0, 0.05) is 19.2 Å². The van der Waals surface area contributed by atoms with Gasteiger partial charge < -0.3 is 15.0 Å². The van der Waals surface area contributed by atoms with E-state index in [9.17, 15) is 0 Å². The maximum atomic E-state index is 5.36. The van der Waals surface area contributed by atoms with Gasteiger partial charge in [-0.05, 0) is 39.9 Å². The Morgan fingerprint density at radius 2 is 1.93 bits per heavy atom. The first kappa shape index (κ1) is 14.9. The van der Waals surface area contributed by atoms with E-state index in [0.29, 0.717) is 6.04 Å². The Morgan fingerprint density at radius 3 is 2.47 bits per heavy atom. The molecule has 15 heavy (non-hydrogen) atoms. The van der Waals surface area contributed by atoms with Crippen LogP contribution in [0.3, 0.4) is 0 Å². The maximum absolute atomic E-state index is 5.36. The molecule has 0 bridgehead atoms. The van der Waals surface area contributed by atoms with Crippen LogP contribution in [0.15, 0.2) is 0 Å². The van der Waals surface area contributed by atoms with Gasteiger partial charge in [0.05, 0.1) is 6.61 Å². The second kappa shape index (κ2) is 10.4. The van der Waals surface area contributed by atoms with E-state index in [1.807, 2.05) is 6.92 Å². The van der Waals surface area contributed by atoms with Crippen LogP contribution in [-0.2, 0) is 4.74 Å². The van der Waals surface area contributed by atoms with E-state index < -0.39 is 0 Å². The van der Waals surface area contributed by atoms with Crippen LogP contribution in [0.2, 0.25) is 0 Å². The van der Waals surface area contributed by atoms with Gasteiger partial charge in [-0.3, -0.25) is 0 Å².